The minimum atomic E-state index is 0.378. The van der Waals surface area contributed by atoms with E-state index < -0.39 is 0 Å². The molecular weight excluding hydrogens is 194 g/mol. The molecule has 1 atom stereocenters. The fourth-order valence-electron chi connectivity index (χ4n) is 2.29. The predicted octanol–water partition coefficient (Wildman–Crippen LogP) is 3.53. The summed E-state index contributed by atoms with van der Waals surface area (Å²) in [7, 11) is 0. The zero-order valence-corrected chi connectivity index (χ0v) is 10.1. The summed E-state index contributed by atoms with van der Waals surface area (Å²) < 4.78 is 0. The summed E-state index contributed by atoms with van der Waals surface area (Å²) in [5.74, 6) is 0. The van der Waals surface area contributed by atoms with Gasteiger partial charge in [-0.15, -0.1) is 0 Å². The van der Waals surface area contributed by atoms with Crippen molar-refractivity contribution in [3.63, 3.8) is 0 Å². The SMILES string of the molecule is CCCc1ccc(C2=CCC(N)CC2)cc1. The van der Waals surface area contributed by atoms with Crippen molar-refractivity contribution in [2.75, 3.05) is 0 Å². The predicted molar refractivity (Wildman–Crippen MR) is 70.2 cm³/mol. The highest BCUT2D eigenvalue weighted by Crippen LogP contribution is 2.26. The largest absolute Gasteiger partial charge is 0.327 e. The summed E-state index contributed by atoms with van der Waals surface area (Å²) in [5.41, 5.74) is 10.2. The Morgan fingerprint density at radius 1 is 1.25 bits per heavy atom. The lowest BCUT2D eigenvalue weighted by molar-refractivity contribution is 0.614. The van der Waals surface area contributed by atoms with E-state index in [9.17, 15) is 0 Å². The number of nitrogens with two attached hydrogens (primary N) is 1. The van der Waals surface area contributed by atoms with Crippen LogP contribution in [0.1, 0.15) is 43.7 Å². The number of allylic oxidation sites excluding steroid dienone is 1. The van der Waals surface area contributed by atoms with Crippen molar-refractivity contribution in [2.45, 2.75) is 45.1 Å². The van der Waals surface area contributed by atoms with Crippen molar-refractivity contribution in [3.8, 4) is 0 Å². The van der Waals surface area contributed by atoms with E-state index in [0.29, 0.717) is 6.04 Å². The molecule has 86 valence electrons. The zero-order valence-electron chi connectivity index (χ0n) is 10.1. The molecular formula is C15H21N. The first-order chi connectivity index (χ1) is 7.79. The maximum absolute atomic E-state index is 5.89. The number of aryl methyl sites for hydroxylation is 1. The van der Waals surface area contributed by atoms with Crippen LogP contribution in [0.2, 0.25) is 0 Å². The van der Waals surface area contributed by atoms with Gasteiger partial charge in [-0.25, -0.2) is 0 Å². The molecule has 0 aliphatic heterocycles. The topological polar surface area (TPSA) is 26.0 Å². The van der Waals surface area contributed by atoms with Crippen LogP contribution < -0.4 is 5.73 Å². The maximum atomic E-state index is 5.89. The number of rotatable bonds is 3. The summed E-state index contributed by atoms with van der Waals surface area (Å²) in [6.45, 7) is 2.22. The molecule has 1 aliphatic carbocycles. The third-order valence-corrected chi connectivity index (χ3v) is 3.31. The third kappa shape index (κ3) is 2.73. The Hall–Kier alpha value is -1.08. The van der Waals surface area contributed by atoms with Gasteiger partial charge in [0.25, 0.3) is 0 Å². The van der Waals surface area contributed by atoms with Gasteiger partial charge in [0.2, 0.25) is 0 Å². The van der Waals surface area contributed by atoms with Crippen LogP contribution in [0.25, 0.3) is 5.57 Å². The minimum Gasteiger partial charge on any atom is -0.327 e. The van der Waals surface area contributed by atoms with Gasteiger partial charge >= 0.3 is 0 Å². The summed E-state index contributed by atoms with van der Waals surface area (Å²) in [5, 5.41) is 0. The van der Waals surface area contributed by atoms with Crippen molar-refractivity contribution >= 4 is 5.57 Å². The van der Waals surface area contributed by atoms with Gasteiger partial charge in [0, 0.05) is 6.04 Å². The molecule has 1 unspecified atom stereocenters. The third-order valence-electron chi connectivity index (χ3n) is 3.31. The van der Waals surface area contributed by atoms with Gasteiger partial charge in [-0.05, 0) is 42.4 Å². The zero-order chi connectivity index (χ0) is 11.4. The Labute approximate surface area is 98.4 Å². The monoisotopic (exact) mass is 215 g/mol. The second-order valence-corrected chi connectivity index (χ2v) is 4.71. The van der Waals surface area contributed by atoms with Crippen LogP contribution in [-0.4, -0.2) is 6.04 Å². The van der Waals surface area contributed by atoms with E-state index in [4.69, 9.17) is 5.73 Å². The standard InChI is InChI=1S/C15H21N/c1-2-3-12-4-6-13(7-5-12)14-8-10-15(16)11-9-14/h4-8,15H,2-3,9-11,16H2,1H3. The Kier molecular flexibility index (Phi) is 3.79. The van der Waals surface area contributed by atoms with Gasteiger partial charge in [-0.3, -0.25) is 0 Å². The second kappa shape index (κ2) is 5.31. The smallest absolute Gasteiger partial charge is 0.00767 e. The molecule has 1 aromatic carbocycles. The molecule has 0 heterocycles. The van der Waals surface area contributed by atoms with E-state index in [1.165, 1.54) is 29.5 Å². The lowest BCUT2D eigenvalue weighted by Crippen LogP contribution is -2.21. The lowest BCUT2D eigenvalue weighted by Gasteiger charge is -2.18. The molecule has 2 rings (SSSR count). The molecule has 1 heteroatoms. The van der Waals surface area contributed by atoms with Crippen LogP contribution in [0, 0.1) is 0 Å². The molecule has 16 heavy (non-hydrogen) atoms. The number of hydrogen-bond donors (Lipinski definition) is 1. The van der Waals surface area contributed by atoms with Crippen molar-refractivity contribution < 1.29 is 0 Å². The Bertz CT molecular complexity index is 362. The van der Waals surface area contributed by atoms with E-state index in [0.717, 1.165) is 19.3 Å². The molecule has 1 aliphatic rings. The highest BCUT2D eigenvalue weighted by atomic mass is 14.6. The van der Waals surface area contributed by atoms with Gasteiger partial charge in [-0.1, -0.05) is 43.7 Å². The normalized spacial score (nSPS) is 20.6. The molecule has 1 aromatic rings. The first kappa shape index (κ1) is 11.4. The molecule has 1 nitrogen and oxygen atoms in total. The molecule has 0 amide bonds. The molecule has 0 saturated heterocycles. The average molecular weight is 215 g/mol. The Morgan fingerprint density at radius 2 is 2.00 bits per heavy atom. The fourth-order valence-corrected chi connectivity index (χ4v) is 2.29. The number of benzene rings is 1. The first-order valence-electron chi connectivity index (χ1n) is 6.33. The molecule has 0 spiro atoms. The van der Waals surface area contributed by atoms with Crippen molar-refractivity contribution in [1.82, 2.24) is 0 Å². The van der Waals surface area contributed by atoms with Gasteiger partial charge in [0.05, 0.1) is 0 Å². The summed E-state index contributed by atoms with van der Waals surface area (Å²) in [6.07, 6.45) is 8.01. The van der Waals surface area contributed by atoms with Crippen LogP contribution in [0.4, 0.5) is 0 Å². The molecule has 0 bridgehead atoms. The van der Waals surface area contributed by atoms with Crippen LogP contribution in [-0.2, 0) is 6.42 Å². The second-order valence-electron chi connectivity index (χ2n) is 4.71. The highest BCUT2D eigenvalue weighted by Gasteiger charge is 2.11. The quantitative estimate of drug-likeness (QED) is 0.820. The molecule has 0 saturated carbocycles. The van der Waals surface area contributed by atoms with Crippen LogP contribution in [0.3, 0.4) is 0 Å². The van der Waals surface area contributed by atoms with Crippen LogP contribution in [0.15, 0.2) is 30.3 Å². The van der Waals surface area contributed by atoms with E-state index in [1.807, 2.05) is 0 Å². The molecule has 0 aromatic heterocycles. The minimum absolute atomic E-state index is 0.378. The molecule has 2 N–H and O–H groups in total. The molecule has 0 fully saturated rings. The highest BCUT2D eigenvalue weighted by molar-refractivity contribution is 5.66. The van der Waals surface area contributed by atoms with Crippen LogP contribution in [0.5, 0.6) is 0 Å². The van der Waals surface area contributed by atoms with Crippen molar-refractivity contribution in [1.29, 1.82) is 0 Å². The van der Waals surface area contributed by atoms with Gasteiger partial charge in [-0.2, -0.15) is 0 Å². The van der Waals surface area contributed by atoms with Crippen molar-refractivity contribution in [2.24, 2.45) is 5.73 Å². The average Bonchev–Trinajstić information content (AvgIpc) is 2.32. The Balaban J connectivity index is 2.09. The lowest BCUT2D eigenvalue weighted by atomic mass is 9.90. The van der Waals surface area contributed by atoms with Gasteiger partial charge in [0.15, 0.2) is 0 Å². The van der Waals surface area contributed by atoms with E-state index in [1.54, 1.807) is 0 Å². The van der Waals surface area contributed by atoms with E-state index in [2.05, 4.69) is 37.3 Å². The summed E-state index contributed by atoms with van der Waals surface area (Å²) in [4.78, 5) is 0. The Morgan fingerprint density at radius 3 is 2.56 bits per heavy atom. The fraction of sp³-hybridized carbons (Fsp3) is 0.467. The summed E-state index contributed by atoms with van der Waals surface area (Å²) >= 11 is 0. The number of hydrogen-bond acceptors (Lipinski definition) is 1. The first-order valence-corrected chi connectivity index (χ1v) is 6.33. The summed E-state index contributed by atoms with van der Waals surface area (Å²) in [6, 6.07) is 9.41. The van der Waals surface area contributed by atoms with Crippen LogP contribution >= 0.6 is 0 Å². The van der Waals surface area contributed by atoms with E-state index >= 15 is 0 Å². The van der Waals surface area contributed by atoms with Gasteiger partial charge < -0.3 is 5.73 Å². The van der Waals surface area contributed by atoms with E-state index in [-0.39, 0.29) is 0 Å². The van der Waals surface area contributed by atoms with Crippen molar-refractivity contribution in [3.05, 3.63) is 41.5 Å². The maximum Gasteiger partial charge on any atom is 0.00767 e. The van der Waals surface area contributed by atoms with Gasteiger partial charge in [0.1, 0.15) is 0 Å². The molecule has 0 radical (unpaired) electrons.